The zero-order valence-corrected chi connectivity index (χ0v) is 8.47. The molecule has 70 valence electrons. The third-order valence-corrected chi connectivity index (χ3v) is 3.58. The van der Waals surface area contributed by atoms with Crippen molar-refractivity contribution >= 4 is 11.8 Å². The summed E-state index contributed by atoms with van der Waals surface area (Å²) in [5.74, 6) is 1.14. The standard InChI is InChI=1S/C11H10N2S/c1-2-4-10-9(3-1)11-8(5-6-14-10)7-12-13-11/h1-4,7H,5-6H2,(H,12,13). The van der Waals surface area contributed by atoms with E-state index in [1.54, 1.807) is 0 Å². The molecule has 1 aliphatic rings. The van der Waals surface area contributed by atoms with E-state index in [2.05, 4.69) is 34.5 Å². The van der Waals surface area contributed by atoms with Gasteiger partial charge in [0, 0.05) is 16.2 Å². The monoisotopic (exact) mass is 202 g/mol. The third-order valence-electron chi connectivity index (χ3n) is 2.50. The maximum absolute atomic E-state index is 4.11. The molecule has 0 fully saturated rings. The van der Waals surface area contributed by atoms with Crippen molar-refractivity contribution in [2.45, 2.75) is 11.3 Å². The highest BCUT2D eigenvalue weighted by Crippen LogP contribution is 2.35. The highest BCUT2D eigenvalue weighted by Gasteiger charge is 2.15. The van der Waals surface area contributed by atoms with Crippen molar-refractivity contribution in [1.82, 2.24) is 10.2 Å². The largest absolute Gasteiger partial charge is 0.278 e. The van der Waals surface area contributed by atoms with Crippen LogP contribution < -0.4 is 0 Å². The molecule has 2 heterocycles. The molecular formula is C11H10N2S. The summed E-state index contributed by atoms with van der Waals surface area (Å²) in [6.07, 6.45) is 3.04. The Balaban J connectivity index is 2.27. The molecule has 1 N–H and O–H groups in total. The second kappa shape index (κ2) is 3.17. The lowest BCUT2D eigenvalue weighted by molar-refractivity contribution is 1.09. The molecule has 1 aromatic heterocycles. The molecule has 1 aliphatic heterocycles. The zero-order valence-electron chi connectivity index (χ0n) is 7.66. The Hall–Kier alpha value is -1.22. The number of aromatic nitrogens is 2. The summed E-state index contributed by atoms with van der Waals surface area (Å²) in [4.78, 5) is 1.36. The fourth-order valence-electron chi connectivity index (χ4n) is 1.80. The molecule has 0 unspecified atom stereocenters. The Bertz CT molecular complexity index is 462. The van der Waals surface area contributed by atoms with Crippen LogP contribution in [0.2, 0.25) is 0 Å². The van der Waals surface area contributed by atoms with Crippen LogP contribution in [-0.2, 0) is 6.42 Å². The van der Waals surface area contributed by atoms with E-state index < -0.39 is 0 Å². The average molecular weight is 202 g/mol. The Morgan fingerprint density at radius 1 is 1.29 bits per heavy atom. The first-order valence-corrected chi connectivity index (χ1v) is 5.68. The van der Waals surface area contributed by atoms with E-state index in [0.29, 0.717) is 0 Å². The molecule has 0 amide bonds. The number of nitrogens with one attached hydrogen (secondary N) is 1. The quantitative estimate of drug-likeness (QED) is 0.711. The van der Waals surface area contributed by atoms with Crippen LogP contribution in [0.3, 0.4) is 0 Å². The van der Waals surface area contributed by atoms with Gasteiger partial charge in [0.15, 0.2) is 0 Å². The summed E-state index contributed by atoms with van der Waals surface area (Å²) >= 11 is 1.92. The Kier molecular flexibility index (Phi) is 1.84. The molecule has 3 rings (SSSR count). The minimum absolute atomic E-state index is 1.10. The van der Waals surface area contributed by atoms with Crippen molar-refractivity contribution < 1.29 is 0 Å². The number of thioether (sulfide) groups is 1. The summed E-state index contributed by atoms with van der Waals surface area (Å²) in [6, 6.07) is 8.50. The van der Waals surface area contributed by atoms with Crippen molar-refractivity contribution in [3.63, 3.8) is 0 Å². The van der Waals surface area contributed by atoms with Crippen LogP contribution >= 0.6 is 11.8 Å². The predicted molar refractivity (Wildman–Crippen MR) is 58.5 cm³/mol. The van der Waals surface area contributed by atoms with Gasteiger partial charge in [-0.3, -0.25) is 5.10 Å². The maximum Gasteiger partial charge on any atom is 0.0693 e. The lowest BCUT2D eigenvalue weighted by Gasteiger charge is -2.03. The Labute approximate surface area is 86.7 Å². The first-order valence-electron chi connectivity index (χ1n) is 4.69. The van der Waals surface area contributed by atoms with Crippen LogP contribution in [0, 0.1) is 0 Å². The van der Waals surface area contributed by atoms with Crippen molar-refractivity contribution in [3.05, 3.63) is 36.0 Å². The normalized spacial score (nSPS) is 14.3. The average Bonchev–Trinajstić information content (AvgIpc) is 2.61. The van der Waals surface area contributed by atoms with Gasteiger partial charge in [0.1, 0.15) is 0 Å². The van der Waals surface area contributed by atoms with Gasteiger partial charge in [0.25, 0.3) is 0 Å². The van der Waals surface area contributed by atoms with Crippen LogP contribution in [0.1, 0.15) is 5.56 Å². The first kappa shape index (κ1) is 8.12. The molecule has 0 bridgehead atoms. The summed E-state index contributed by atoms with van der Waals surface area (Å²) in [5, 5.41) is 7.20. The number of aromatic amines is 1. The van der Waals surface area contributed by atoms with Gasteiger partial charge < -0.3 is 0 Å². The molecule has 0 radical (unpaired) electrons. The minimum atomic E-state index is 1.10. The van der Waals surface area contributed by atoms with Crippen LogP contribution in [0.4, 0.5) is 0 Å². The highest BCUT2D eigenvalue weighted by molar-refractivity contribution is 7.99. The van der Waals surface area contributed by atoms with E-state index in [1.807, 2.05) is 18.0 Å². The van der Waals surface area contributed by atoms with Gasteiger partial charge in [-0.05, 0) is 18.1 Å². The molecule has 1 aromatic carbocycles. The fraction of sp³-hybridized carbons (Fsp3) is 0.182. The molecular weight excluding hydrogens is 192 g/mol. The number of hydrogen-bond donors (Lipinski definition) is 1. The number of hydrogen-bond acceptors (Lipinski definition) is 2. The van der Waals surface area contributed by atoms with Crippen LogP contribution in [-0.4, -0.2) is 16.0 Å². The lowest BCUT2D eigenvalue weighted by Crippen LogP contribution is -1.84. The summed E-state index contributed by atoms with van der Waals surface area (Å²) in [7, 11) is 0. The molecule has 0 saturated carbocycles. The van der Waals surface area contributed by atoms with Gasteiger partial charge in [-0.2, -0.15) is 5.10 Å². The number of fused-ring (bicyclic) bond motifs is 3. The minimum Gasteiger partial charge on any atom is -0.278 e. The predicted octanol–water partition coefficient (Wildman–Crippen LogP) is 2.72. The second-order valence-corrected chi connectivity index (χ2v) is 4.50. The van der Waals surface area contributed by atoms with E-state index >= 15 is 0 Å². The van der Waals surface area contributed by atoms with E-state index in [1.165, 1.54) is 21.7 Å². The molecule has 0 aliphatic carbocycles. The molecule has 0 spiro atoms. The number of nitrogens with zero attached hydrogens (tertiary/aromatic N) is 1. The van der Waals surface area contributed by atoms with Gasteiger partial charge in [0.05, 0.1) is 11.9 Å². The smallest absolute Gasteiger partial charge is 0.0693 e. The van der Waals surface area contributed by atoms with E-state index in [4.69, 9.17) is 0 Å². The second-order valence-electron chi connectivity index (χ2n) is 3.36. The molecule has 2 nitrogen and oxygen atoms in total. The van der Waals surface area contributed by atoms with E-state index in [-0.39, 0.29) is 0 Å². The van der Waals surface area contributed by atoms with Gasteiger partial charge >= 0.3 is 0 Å². The lowest BCUT2D eigenvalue weighted by atomic mass is 10.1. The van der Waals surface area contributed by atoms with Crippen molar-refractivity contribution in [3.8, 4) is 11.3 Å². The Morgan fingerprint density at radius 2 is 2.21 bits per heavy atom. The maximum atomic E-state index is 4.11. The number of H-pyrrole nitrogens is 1. The van der Waals surface area contributed by atoms with Crippen molar-refractivity contribution in [2.24, 2.45) is 0 Å². The molecule has 14 heavy (non-hydrogen) atoms. The molecule has 0 atom stereocenters. The van der Waals surface area contributed by atoms with Gasteiger partial charge in [-0.25, -0.2) is 0 Å². The van der Waals surface area contributed by atoms with Crippen molar-refractivity contribution in [2.75, 3.05) is 5.75 Å². The van der Waals surface area contributed by atoms with Crippen LogP contribution in [0.25, 0.3) is 11.3 Å². The van der Waals surface area contributed by atoms with Crippen molar-refractivity contribution in [1.29, 1.82) is 0 Å². The SMILES string of the molecule is c1ccc2c(c1)SCCc1cn[nH]c1-2. The third kappa shape index (κ3) is 1.16. The van der Waals surface area contributed by atoms with Crippen LogP contribution in [0.15, 0.2) is 35.4 Å². The van der Waals surface area contributed by atoms with E-state index in [0.717, 1.165) is 12.2 Å². The number of rotatable bonds is 0. The van der Waals surface area contributed by atoms with Gasteiger partial charge in [0.2, 0.25) is 0 Å². The van der Waals surface area contributed by atoms with Gasteiger partial charge in [-0.15, -0.1) is 11.8 Å². The topological polar surface area (TPSA) is 28.7 Å². The summed E-state index contributed by atoms with van der Waals surface area (Å²) in [6.45, 7) is 0. The first-order chi connectivity index (χ1) is 6.95. The highest BCUT2D eigenvalue weighted by atomic mass is 32.2. The molecule has 3 heteroatoms. The zero-order chi connectivity index (χ0) is 9.38. The Morgan fingerprint density at radius 3 is 3.21 bits per heavy atom. The summed E-state index contributed by atoms with van der Waals surface area (Å²) in [5.41, 5.74) is 3.83. The van der Waals surface area contributed by atoms with Crippen LogP contribution in [0.5, 0.6) is 0 Å². The van der Waals surface area contributed by atoms with E-state index in [9.17, 15) is 0 Å². The molecule has 2 aromatic rings. The number of benzene rings is 1. The fourth-order valence-corrected chi connectivity index (χ4v) is 2.85. The number of aryl methyl sites for hydroxylation is 1. The molecule has 0 saturated heterocycles. The van der Waals surface area contributed by atoms with Gasteiger partial charge in [-0.1, -0.05) is 18.2 Å². The summed E-state index contributed by atoms with van der Waals surface area (Å²) < 4.78 is 0.